The third kappa shape index (κ3) is 4.11. The molecule has 0 radical (unpaired) electrons. The van der Waals surface area contributed by atoms with Gasteiger partial charge in [-0.15, -0.1) is 0 Å². The third-order valence-electron chi connectivity index (χ3n) is 2.76. The average Bonchev–Trinajstić information content (AvgIpc) is 2.47. The van der Waals surface area contributed by atoms with Gasteiger partial charge in [0.2, 0.25) is 0 Å². The predicted octanol–water partition coefficient (Wildman–Crippen LogP) is 4.21. The monoisotopic (exact) mass is 250 g/mol. The van der Waals surface area contributed by atoms with Crippen LogP contribution in [0.5, 0.6) is 0 Å². The topological polar surface area (TPSA) is 15.6 Å². The number of hydrazone groups is 1. The lowest BCUT2D eigenvalue weighted by Gasteiger charge is -2.12. The minimum atomic E-state index is 1.08. The van der Waals surface area contributed by atoms with E-state index in [-0.39, 0.29) is 0 Å². The second-order valence-electron chi connectivity index (χ2n) is 4.40. The van der Waals surface area contributed by atoms with E-state index in [0.717, 1.165) is 11.3 Å². The maximum Gasteiger partial charge on any atom is 0.0590 e. The van der Waals surface area contributed by atoms with Crippen molar-refractivity contribution in [3.63, 3.8) is 0 Å². The molecule has 2 nitrogen and oxygen atoms in total. The zero-order chi connectivity index (χ0) is 13.5. The van der Waals surface area contributed by atoms with Crippen molar-refractivity contribution in [2.45, 2.75) is 6.92 Å². The fraction of sp³-hybridized carbons (Fsp3) is 0.118. The highest BCUT2D eigenvalue weighted by atomic mass is 15.4. The molecule has 0 fully saturated rings. The zero-order valence-corrected chi connectivity index (χ0v) is 11.3. The van der Waals surface area contributed by atoms with Crippen LogP contribution >= 0.6 is 0 Å². The number of anilines is 1. The van der Waals surface area contributed by atoms with Crippen LogP contribution in [0.15, 0.2) is 71.3 Å². The van der Waals surface area contributed by atoms with E-state index >= 15 is 0 Å². The Morgan fingerprint density at radius 3 is 2.16 bits per heavy atom. The largest absolute Gasteiger partial charge is 0.269 e. The molecule has 0 aliphatic carbocycles. The van der Waals surface area contributed by atoms with Crippen molar-refractivity contribution in [1.29, 1.82) is 0 Å². The van der Waals surface area contributed by atoms with Crippen molar-refractivity contribution < 1.29 is 0 Å². The number of hydrogen-bond acceptors (Lipinski definition) is 2. The molecule has 0 aliphatic heterocycles. The van der Waals surface area contributed by atoms with Gasteiger partial charge in [0.15, 0.2) is 0 Å². The Morgan fingerprint density at radius 2 is 1.53 bits per heavy atom. The first-order chi connectivity index (χ1) is 9.25. The van der Waals surface area contributed by atoms with Gasteiger partial charge in [-0.1, -0.05) is 54.6 Å². The summed E-state index contributed by atoms with van der Waals surface area (Å²) in [6, 6.07) is 20.3. The lowest BCUT2D eigenvalue weighted by Crippen LogP contribution is -2.08. The number of benzene rings is 2. The Morgan fingerprint density at radius 1 is 0.947 bits per heavy atom. The SMILES string of the molecule is CC(C=NN(C)c1ccccc1)=Cc1ccccc1. The molecule has 96 valence electrons. The Balaban J connectivity index is 2.04. The summed E-state index contributed by atoms with van der Waals surface area (Å²) in [6.07, 6.45) is 3.99. The van der Waals surface area contributed by atoms with Crippen molar-refractivity contribution in [3.05, 3.63) is 71.8 Å². The van der Waals surface area contributed by atoms with Crippen molar-refractivity contribution >= 4 is 18.0 Å². The van der Waals surface area contributed by atoms with Gasteiger partial charge < -0.3 is 0 Å². The van der Waals surface area contributed by atoms with E-state index in [2.05, 4.69) is 30.2 Å². The molecule has 0 unspecified atom stereocenters. The molecule has 19 heavy (non-hydrogen) atoms. The van der Waals surface area contributed by atoms with Gasteiger partial charge in [0.05, 0.1) is 11.9 Å². The van der Waals surface area contributed by atoms with Gasteiger partial charge in [0.25, 0.3) is 0 Å². The van der Waals surface area contributed by atoms with Crippen molar-refractivity contribution in [2.75, 3.05) is 12.1 Å². The van der Waals surface area contributed by atoms with Gasteiger partial charge in [0.1, 0.15) is 0 Å². The first kappa shape index (κ1) is 13.1. The highest BCUT2D eigenvalue weighted by Gasteiger charge is 1.95. The van der Waals surface area contributed by atoms with E-state index in [4.69, 9.17) is 0 Å². The molecular formula is C17H18N2. The first-order valence-electron chi connectivity index (χ1n) is 6.32. The number of nitrogens with zero attached hydrogens (tertiary/aromatic N) is 2. The van der Waals surface area contributed by atoms with Gasteiger partial charge in [0, 0.05) is 7.05 Å². The Kier molecular flexibility index (Phi) is 4.51. The number of allylic oxidation sites excluding steroid dienone is 1. The molecule has 0 atom stereocenters. The number of para-hydroxylation sites is 1. The van der Waals surface area contributed by atoms with E-state index in [1.165, 1.54) is 5.56 Å². The molecule has 0 saturated carbocycles. The molecule has 0 saturated heterocycles. The molecule has 0 heterocycles. The second kappa shape index (κ2) is 6.55. The molecule has 2 aromatic rings. The smallest absolute Gasteiger partial charge is 0.0590 e. The predicted molar refractivity (Wildman–Crippen MR) is 83.4 cm³/mol. The summed E-state index contributed by atoms with van der Waals surface area (Å²) < 4.78 is 0. The fourth-order valence-electron chi connectivity index (χ4n) is 1.74. The molecule has 2 rings (SSSR count). The normalized spacial score (nSPS) is 11.8. The molecule has 0 aromatic heterocycles. The third-order valence-corrected chi connectivity index (χ3v) is 2.76. The molecule has 0 amide bonds. The Bertz CT molecular complexity index is 556. The van der Waals surface area contributed by atoms with Gasteiger partial charge in [-0.25, -0.2) is 0 Å². The number of rotatable bonds is 4. The van der Waals surface area contributed by atoms with E-state index in [1.807, 2.05) is 66.8 Å². The van der Waals surface area contributed by atoms with Crippen LogP contribution in [0.2, 0.25) is 0 Å². The zero-order valence-electron chi connectivity index (χ0n) is 11.3. The van der Waals surface area contributed by atoms with Crippen molar-refractivity contribution in [2.24, 2.45) is 5.10 Å². The second-order valence-corrected chi connectivity index (χ2v) is 4.40. The molecule has 2 heteroatoms. The van der Waals surface area contributed by atoms with Crippen molar-refractivity contribution in [1.82, 2.24) is 0 Å². The Hall–Kier alpha value is -2.35. The first-order valence-corrected chi connectivity index (χ1v) is 6.32. The lowest BCUT2D eigenvalue weighted by atomic mass is 10.1. The summed E-state index contributed by atoms with van der Waals surface area (Å²) in [7, 11) is 1.95. The van der Waals surface area contributed by atoms with Crippen LogP contribution in [0.25, 0.3) is 6.08 Å². The maximum atomic E-state index is 4.43. The highest BCUT2D eigenvalue weighted by Crippen LogP contribution is 2.11. The van der Waals surface area contributed by atoms with Crippen LogP contribution in [0.4, 0.5) is 5.69 Å². The van der Waals surface area contributed by atoms with Crippen LogP contribution in [-0.4, -0.2) is 13.3 Å². The van der Waals surface area contributed by atoms with Gasteiger partial charge in [-0.3, -0.25) is 5.01 Å². The molecule has 0 aliphatic rings. The Labute approximate surface area is 114 Å². The summed E-state index contributed by atoms with van der Waals surface area (Å²) in [5.74, 6) is 0. The van der Waals surface area contributed by atoms with Crippen LogP contribution < -0.4 is 5.01 Å². The highest BCUT2D eigenvalue weighted by molar-refractivity contribution is 5.85. The van der Waals surface area contributed by atoms with Crippen LogP contribution in [0.3, 0.4) is 0 Å². The van der Waals surface area contributed by atoms with E-state index < -0.39 is 0 Å². The fourth-order valence-corrected chi connectivity index (χ4v) is 1.74. The quantitative estimate of drug-likeness (QED) is 0.586. The molecule has 0 spiro atoms. The minimum absolute atomic E-state index is 1.08. The average molecular weight is 250 g/mol. The van der Waals surface area contributed by atoms with E-state index in [9.17, 15) is 0 Å². The van der Waals surface area contributed by atoms with Crippen LogP contribution in [0.1, 0.15) is 12.5 Å². The van der Waals surface area contributed by atoms with E-state index in [1.54, 1.807) is 0 Å². The van der Waals surface area contributed by atoms with Crippen LogP contribution in [0, 0.1) is 0 Å². The summed E-state index contributed by atoms with van der Waals surface area (Å²) in [6.45, 7) is 2.05. The van der Waals surface area contributed by atoms with Gasteiger partial charge in [-0.2, -0.15) is 5.10 Å². The summed E-state index contributed by atoms with van der Waals surface area (Å²) in [5.41, 5.74) is 3.38. The van der Waals surface area contributed by atoms with Gasteiger partial charge >= 0.3 is 0 Å². The summed E-state index contributed by atoms with van der Waals surface area (Å²) in [5, 5.41) is 6.29. The lowest BCUT2D eigenvalue weighted by molar-refractivity contribution is 1.02. The van der Waals surface area contributed by atoms with E-state index in [0.29, 0.717) is 0 Å². The number of hydrogen-bond donors (Lipinski definition) is 0. The van der Waals surface area contributed by atoms with Crippen LogP contribution in [-0.2, 0) is 0 Å². The standard InChI is InChI=1S/C17H18N2/c1-15(13-16-9-5-3-6-10-16)14-18-19(2)17-11-7-4-8-12-17/h3-14H,1-2H3. The molecule has 2 aromatic carbocycles. The molecule has 0 bridgehead atoms. The minimum Gasteiger partial charge on any atom is -0.269 e. The molecular weight excluding hydrogens is 232 g/mol. The van der Waals surface area contributed by atoms with Crippen molar-refractivity contribution in [3.8, 4) is 0 Å². The summed E-state index contributed by atoms with van der Waals surface area (Å²) in [4.78, 5) is 0. The molecule has 0 N–H and O–H groups in total. The summed E-state index contributed by atoms with van der Waals surface area (Å²) >= 11 is 0. The van der Waals surface area contributed by atoms with Gasteiger partial charge in [-0.05, 0) is 30.2 Å². The maximum absolute atomic E-state index is 4.43.